The van der Waals surface area contributed by atoms with Crippen LogP contribution in [0, 0.1) is 5.92 Å². The summed E-state index contributed by atoms with van der Waals surface area (Å²) in [7, 11) is 0. The predicted octanol–water partition coefficient (Wildman–Crippen LogP) is 1.94. The maximum Gasteiger partial charge on any atom is 0.435 e. The highest BCUT2D eigenvalue weighted by Gasteiger charge is 2.40. The van der Waals surface area contributed by atoms with Crippen molar-refractivity contribution in [2.24, 2.45) is 5.92 Å². The maximum atomic E-state index is 12.3. The van der Waals surface area contributed by atoms with Gasteiger partial charge in [0.25, 0.3) is 0 Å². The first-order valence-corrected chi connectivity index (χ1v) is 4.75. The third-order valence-electron chi connectivity index (χ3n) is 2.51. The van der Waals surface area contributed by atoms with Crippen molar-refractivity contribution in [2.75, 3.05) is 0 Å². The molecule has 1 fully saturated rings. The predicted molar refractivity (Wildman–Crippen MR) is 46.6 cm³/mol. The summed E-state index contributed by atoms with van der Waals surface area (Å²) < 4.78 is 37.7. The minimum atomic E-state index is -4.53. The lowest BCUT2D eigenvalue weighted by molar-refractivity contribution is -0.145. The summed E-state index contributed by atoms with van der Waals surface area (Å²) in [6.07, 6.45) is -2.02. The first kappa shape index (κ1) is 11.0. The number of nitrogens with zero attached hydrogens (tertiary/aromatic N) is 2. The number of carboxylic acid groups (broad SMARTS) is 1. The standard InChI is InChI=1S/C9H9F3N2O2/c10-9(11,12)6-3-4-14(13-6)7(8(15)16)5-1-2-5/h3-5,7H,1-2H2,(H,15,16). The topological polar surface area (TPSA) is 55.1 Å². The molecule has 1 aromatic rings. The second-order valence-electron chi connectivity index (χ2n) is 3.80. The van der Waals surface area contributed by atoms with Crippen molar-refractivity contribution in [3.63, 3.8) is 0 Å². The fraction of sp³-hybridized carbons (Fsp3) is 0.556. The molecule has 0 amide bonds. The zero-order valence-corrected chi connectivity index (χ0v) is 8.11. The molecule has 0 bridgehead atoms. The zero-order valence-electron chi connectivity index (χ0n) is 8.11. The molecule has 0 radical (unpaired) electrons. The normalized spacial score (nSPS) is 18.4. The van der Waals surface area contributed by atoms with Gasteiger partial charge in [-0.1, -0.05) is 0 Å². The number of aromatic nitrogens is 2. The number of aliphatic carboxylic acids is 1. The molecular formula is C9H9F3N2O2. The number of hydrogen-bond donors (Lipinski definition) is 1. The summed E-state index contributed by atoms with van der Waals surface area (Å²) in [5, 5.41) is 12.2. The SMILES string of the molecule is O=C(O)C(C1CC1)n1ccc(C(F)(F)F)n1. The van der Waals surface area contributed by atoms with Crippen molar-refractivity contribution in [1.29, 1.82) is 0 Å². The third-order valence-corrected chi connectivity index (χ3v) is 2.51. The Labute approximate surface area is 88.7 Å². The molecule has 88 valence electrons. The number of carboxylic acids is 1. The van der Waals surface area contributed by atoms with Crippen LogP contribution < -0.4 is 0 Å². The van der Waals surface area contributed by atoms with Gasteiger partial charge in [0, 0.05) is 6.20 Å². The van der Waals surface area contributed by atoms with Crippen LogP contribution in [-0.4, -0.2) is 20.9 Å². The van der Waals surface area contributed by atoms with Gasteiger partial charge < -0.3 is 5.11 Å². The summed E-state index contributed by atoms with van der Waals surface area (Å²) in [4.78, 5) is 10.9. The fourth-order valence-corrected chi connectivity index (χ4v) is 1.59. The molecule has 1 unspecified atom stereocenters. The van der Waals surface area contributed by atoms with Crippen LogP contribution >= 0.6 is 0 Å². The molecule has 0 spiro atoms. The first-order chi connectivity index (χ1) is 7.39. The maximum absolute atomic E-state index is 12.3. The molecule has 1 saturated carbocycles. The van der Waals surface area contributed by atoms with Crippen molar-refractivity contribution in [2.45, 2.75) is 25.1 Å². The molecule has 1 aliphatic rings. The van der Waals surface area contributed by atoms with Crippen LogP contribution in [0.5, 0.6) is 0 Å². The summed E-state index contributed by atoms with van der Waals surface area (Å²) >= 11 is 0. The smallest absolute Gasteiger partial charge is 0.435 e. The highest BCUT2D eigenvalue weighted by atomic mass is 19.4. The molecule has 0 aromatic carbocycles. The molecule has 0 aliphatic heterocycles. The average Bonchev–Trinajstić information content (AvgIpc) is 2.79. The van der Waals surface area contributed by atoms with Crippen LogP contribution in [0.3, 0.4) is 0 Å². The average molecular weight is 234 g/mol. The van der Waals surface area contributed by atoms with Gasteiger partial charge in [-0.15, -0.1) is 0 Å². The van der Waals surface area contributed by atoms with E-state index in [4.69, 9.17) is 5.11 Å². The molecule has 4 nitrogen and oxygen atoms in total. The Hall–Kier alpha value is -1.53. The number of alkyl halides is 3. The van der Waals surface area contributed by atoms with Gasteiger partial charge in [0.15, 0.2) is 11.7 Å². The van der Waals surface area contributed by atoms with E-state index in [-0.39, 0.29) is 5.92 Å². The highest BCUT2D eigenvalue weighted by molar-refractivity contribution is 5.72. The van der Waals surface area contributed by atoms with E-state index in [1.165, 1.54) is 0 Å². The van der Waals surface area contributed by atoms with E-state index in [2.05, 4.69) is 5.10 Å². The molecule has 1 aliphatic carbocycles. The van der Waals surface area contributed by atoms with Gasteiger partial charge in [-0.2, -0.15) is 18.3 Å². The Kier molecular flexibility index (Phi) is 2.40. The molecule has 1 aromatic heterocycles. The molecule has 16 heavy (non-hydrogen) atoms. The van der Waals surface area contributed by atoms with Crippen molar-refractivity contribution in [1.82, 2.24) is 9.78 Å². The van der Waals surface area contributed by atoms with Gasteiger partial charge in [-0.3, -0.25) is 4.68 Å². The number of carbonyl (C=O) groups is 1. The van der Waals surface area contributed by atoms with Crippen LogP contribution in [0.15, 0.2) is 12.3 Å². The molecule has 7 heteroatoms. The summed E-state index contributed by atoms with van der Waals surface area (Å²) in [6.45, 7) is 0. The van der Waals surface area contributed by atoms with E-state index in [1.54, 1.807) is 0 Å². The number of hydrogen-bond acceptors (Lipinski definition) is 2. The second-order valence-corrected chi connectivity index (χ2v) is 3.80. The van der Waals surface area contributed by atoms with Crippen LogP contribution in [-0.2, 0) is 11.0 Å². The molecule has 1 atom stereocenters. The Bertz CT molecular complexity index is 409. The van der Waals surface area contributed by atoms with Crippen molar-refractivity contribution >= 4 is 5.97 Å². The quantitative estimate of drug-likeness (QED) is 0.869. The molecule has 1 N–H and O–H groups in total. The fourth-order valence-electron chi connectivity index (χ4n) is 1.59. The Morgan fingerprint density at radius 1 is 1.56 bits per heavy atom. The van der Waals surface area contributed by atoms with Crippen molar-refractivity contribution < 1.29 is 23.1 Å². The van der Waals surface area contributed by atoms with Crippen LogP contribution in [0.25, 0.3) is 0 Å². The van der Waals surface area contributed by atoms with E-state index in [0.717, 1.165) is 29.8 Å². The van der Waals surface area contributed by atoms with E-state index in [0.29, 0.717) is 0 Å². The lowest BCUT2D eigenvalue weighted by atomic mass is 10.2. The van der Waals surface area contributed by atoms with Crippen molar-refractivity contribution in [3.05, 3.63) is 18.0 Å². The molecule has 0 saturated heterocycles. The van der Waals surface area contributed by atoms with Gasteiger partial charge in [0.2, 0.25) is 0 Å². The van der Waals surface area contributed by atoms with E-state index in [1.807, 2.05) is 0 Å². The Balaban J connectivity index is 2.26. The largest absolute Gasteiger partial charge is 0.480 e. The summed E-state index contributed by atoms with van der Waals surface area (Å²) in [5.74, 6) is -1.24. The molecular weight excluding hydrogens is 225 g/mol. The van der Waals surface area contributed by atoms with Gasteiger partial charge in [-0.25, -0.2) is 4.79 Å². The van der Waals surface area contributed by atoms with Crippen molar-refractivity contribution in [3.8, 4) is 0 Å². The van der Waals surface area contributed by atoms with Gasteiger partial charge in [0.1, 0.15) is 0 Å². The minimum Gasteiger partial charge on any atom is -0.480 e. The summed E-state index contributed by atoms with van der Waals surface area (Å²) in [5.41, 5.74) is -1.06. The lowest BCUT2D eigenvalue weighted by Gasteiger charge is -2.11. The number of halogens is 3. The second kappa shape index (κ2) is 3.50. The van der Waals surface area contributed by atoms with Gasteiger partial charge >= 0.3 is 12.1 Å². The third kappa shape index (κ3) is 2.02. The van der Waals surface area contributed by atoms with Crippen LogP contribution in [0.1, 0.15) is 24.6 Å². The molecule has 2 rings (SSSR count). The monoisotopic (exact) mass is 234 g/mol. The van der Waals surface area contributed by atoms with E-state index < -0.39 is 23.9 Å². The van der Waals surface area contributed by atoms with Crippen LogP contribution in [0.2, 0.25) is 0 Å². The first-order valence-electron chi connectivity index (χ1n) is 4.75. The minimum absolute atomic E-state index is 0.0986. The van der Waals surface area contributed by atoms with Gasteiger partial charge in [0.05, 0.1) is 0 Å². The summed E-state index contributed by atoms with van der Waals surface area (Å²) in [6, 6.07) is -0.186. The Morgan fingerprint density at radius 3 is 2.56 bits per heavy atom. The lowest BCUT2D eigenvalue weighted by Crippen LogP contribution is -2.22. The van der Waals surface area contributed by atoms with E-state index >= 15 is 0 Å². The molecule has 1 heterocycles. The Morgan fingerprint density at radius 2 is 2.19 bits per heavy atom. The van der Waals surface area contributed by atoms with Crippen LogP contribution in [0.4, 0.5) is 13.2 Å². The van der Waals surface area contributed by atoms with E-state index in [9.17, 15) is 18.0 Å². The zero-order chi connectivity index (χ0) is 11.9. The van der Waals surface area contributed by atoms with Gasteiger partial charge in [-0.05, 0) is 24.8 Å². The number of rotatable bonds is 3. The highest BCUT2D eigenvalue weighted by Crippen LogP contribution is 2.40.